The van der Waals surface area contributed by atoms with E-state index in [0.29, 0.717) is 13.0 Å². The van der Waals surface area contributed by atoms with E-state index in [1.165, 1.54) is 0 Å². The number of furan rings is 1. The van der Waals surface area contributed by atoms with E-state index < -0.39 is 6.04 Å². The first kappa shape index (κ1) is 19.3. The normalized spacial score (nSPS) is 16.8. The van der Waals surface area contributed by atoms with Gasteiger partial charge in [-0.05, 0) is 44.4 Å². The minimum absolute atomic E-state index is 0.0419. The summed E-state index contributed by atoms with van der Waals surface area (Å²) in [7, 11) is 1.63. The van der Waals surface area contributed by atoms with Crippen LogP contribution in [0.1, 0.15) is 51.0 Å². The molecule has 1 N–H and O–H groups in total. The van der Waals surface area contributed by atoms with Crippen molar-refractivity contribution in [1.82, 2.24) is 10.2 Å². The highest BCUT2D eigenvalue weighted by Gasteiger charge is 2.35. The number of nitrogens with one attached hydrogen (secondary N) is 1. The molecule has 6 nitrogen and oxygen atoms in total. The summed E-state index contributed by atoms with van der Waals surface area (Å²) in [5.74, 6) is 1.46. The Morgan fingerprint density at radius 3 is 2.63 bits per heavy atom. The fraction of sp³-hybridized carbons (Fsp3) is 0.524. The SMILES string of the molecule is COc1ccc2oc(C(C)NC(=O)C(C(C)C)N3CCCC3=O)c(C)c2c1. The molecule has 2 aromatic rings. The number of fused-ring (bicyclic) bond motifs is 1. The Morgan fingerprint density at radius 2 is 2.04 bits per heavy atom. The van der Waals surface area contributed by atoms with Crippen molar-refractivity contribution in [2.75, 3.05) is 13.7 Å². The summed E-state index contributed by atoms with van der Waals surface area (Å²) in [4.78, 5) is 26.8. The van der Waals surface area contributed by atoms with E-state index in [9.17, 15) is 9.59 Å². The standard InChI is InChI=1S/C21H28N2O4/c1-12(2)19(23-10-6-7-18(23)24)21(25)22-14(4)20-13(3)16-11-15(26-5)8-9-17(16)27-20/h8-9,11-12,14,19H,6-7,10H2,1-5H3,(H,22,25). The van der Waals surface area contributed by atoms with Crippen molar-refractivity contribution in [1.29, 1.82) is 0 Å². The lowest BCUT2D eigenvalue weighted by atomic mass is 10.0. The maximum absolute atomic E-state index is 13.0. The van der Waals surface area contributed by atoms with Crippen molar-refractivity contribution in [3.63, 3.8) is 0 Å². The van der Waals surface area contributed by atoms with Crippen LogP contribution in [0.3, 0.4) is 0 Å². The molecule has 1 aromatic carbocycles. The predicted octanol–water partition coefficient (Wildman–Crippen LogP) is 3.57. The van der Waals surface area contributed by atoms with Crippen LogP contribution >= 0.6 is 0 Å². The molecule has 6 heteroatoms. The van der Waals surface area contributed by atoms with Gasteiger partial charge in [0.2, 0.25) is 11.8 Å². The Kier molecular flexibility index (Phi) is 5.44. The number of nitrogens with zero attached hydrogens (tertiary/aromatic N) is 1. The molecular weight excluding hydrogens is 344 g/mol. The lowest BCUT2D eigenvalue weighted by Crippen LogP contribution is -2.50. The monoisotopic (exact) mass is 372 g/mol. The van der Waals surface area contributed by atoms with Crippen molar-refractivity contribution >= 4 is 22.8 Å². The molecule has 0 spiro atoms. The fourth-order valence-corrected chi connectivity index (χ4v) is 3.89. The third kappa shape index (κ3) is 3.66. The summed E-state index contributed by atoms with van der Waals surface area (Å²) in [5, 5.41) is 4.02. The number of hydrogen-bond donors (Lipinski definition) is 1. The number of benzene rings is 1. The largest absolute Gasteiger partial charge is 0.497 e. The molecule has 1 saturated heterocycles. The minimum atomic E-state index is -0.452. The number of ether oxygens (including phenoxy) is 1. The maximum Gasteiger partial charge on any atom is 0.243 e. The van der Waals surface area contributed by atoms with Crippen LogP contribution in [0.15, 0.2) is 22.6 Å². The Bertz CT molecular complexity index is 855. The van der Waals surface area contributed by atoms with Crippen molar-refractivity contribution in [3.8, 4) is 5.75 Å². The second kappa shape index (κ2) is 7.62. The smallest absolute Gasteiger partial charge is 0.243 e. The average Bonchev–Trinajstić information content (AvgIpc) is 3.18. The second-order valence-electron chi connectivity index (χ2n) is 7.56. The van der Waals surface area contributed by atoms with Gasteiger partial charge in [0.1, 0.15) is 23.1 Å². The zero-order valence-electron chi connectivity index (χ0n) is 16.7. The van der Waals surface area contributed by atoms with Crippen LogP contribution < -0.4 is 10.1 Å². The first-order valence-electron chi connectivity index (χ1n) is 9.50. The van der Waals surface area contributed by atoms with Gasteiger partial charge in [-0.3, -0.25) is 9.59 Å². The molecule has 1 aromatic heterocycles. The predicted molar refractivity (Wildman–Crippen MR) is 104 cm³/mol. The van der Waals surface area contributed by atoms with Crippen LogP contribution in [-0.4, -0.2) is 36.4 Å². The Labute approximate surface area is 159 Å². The number of carbonyl (C=O) groups is 2. The molecule has 2 heterocycles. The topological polar surface area (TPSA) is 71.8 Å². The summed E-state index contributed by atoms with van der Waals surface area (Å²) in [6, 6.07) is 4.92. The van der Waals surface area contributed by atoms with E-state index >= 15 is 0 Å². The number of amides is 2. The molecule has 0 saturated carbocycles. The zero-order chi connectivity index (χ0) is 19.7. The van der Waals surface area contributed by atoms with Gasteiger partial charge in [0, 0.05) is 23.9 Å². The van der Waals surface area contributed by atoms with E-state index in [-0.39, 0.29) is 23.8 Å². The molecule has 1 fully saturated rings. The molecule has 2 atom stereocenters. The Morgan fingerprint density at radius 1 is 1.30 bits per heavy atom. The molecule has 27 heavy (non-hydrogen) atoms. The summed E-state index contributed by atoms with van der Waals surface area (Å²) in [5.41, 5.74) is 1.74. The van der Waals surface area contributed by atoms with Gasteiger partial charge in [0.05, 0.1) is 13.2 Å². The van der Waals surface area contributed by atoms with E-state index in [0.717, 1.165) is 34.5 Å². The lowest BCUT2D eigenvalue weighted by Gasteiger charge is -2.30. The molecule has 2 unspecified atom stereocenters. The van der Waals surface area contributed by atoms with Crippen molar-refractivity contribution in [2.24, 2.45) is 5.92 Å². The Hall–Kier alpha value is -2.50. The number of likely N-dealkylation sites (tertiary alicyclic amines) is 1. The van der Waals surface area contributed by atoms with E-state index in [2.05, 4.69) is 5.32 Å². The highest BCUT2D eigenvalue weighted by atomic mass is 16.5. The van der Waals surface area contributed by atoms with Crippen LogP contribution in [0.4, 0.5) is 0 Å². The van der Waals surface area contributed by atoms with Crippen LogP contribution in [0.5, 0.6) is 5.75 Å². The number of carbonyl (C=O) groups excluding carboxylic acids is 2. The van der Waals surface area contributed by atoms with E-state index in [1.807, 2.05) is 45.9 Å². The van der Waals surface area contributed by atoms with Crippen molar-refractivity contribution in [2.45, 2.75) is 52.6 Å². The van der Waals surface area contributed by atoms with Crippen LogP contribution in [0, 0.1) is 12.8 Å². The minimum Gasteiger partial charge on any atom is -0.497 e. The van der Waals surface area contributed by atoms with Gasteiger partial charge in [-0.15, -0.1) is 0 Å². The summed E-state index contributed by atoms with van der Waals surface area (Å²) in [6.45, 7) is 8.47. The molecule has 0 radical (unpaired) electrons. The molecule has 0 aliphatic carbocycles. The molecule has 0 bridgehead atoms. The van der Waals surface area contributed by atoms with E-state index in [4.69, 9.17) is 9.15 Å². The van der Waals surface area contributed by atoms with Gasteiger partial charge >= 0.3 is 0 Å². The van der Waals surface area contributed by atoms with Gasteiger partial charge in [-0.25, -0.2) is 0 Å². The quantitative estimate of drug-likeness (QED) is 0.841. The fourth-order valence-electron chi connectivity index (χ4n) is 3.89. The first-order valence-corrected chi connectivity index (χ1v) is 9.50. The summed E-state index contributed by atoms with van der Waals surface area (Å²) < 4.78 is 11.3. The van der Waals surface area contributed by atoms with Gasteiger partial charge in [0.25, 0.3) is 0 Å². The van der Waals surface area contributed by atoms with Crippen molar-refractivity contribution in [3.05, 3.63) is 29.5 Å². The second-order valence-corrected chi connectivity index (χ2v) is 7.56. The first-order chi connectivity index (χ1) is 12.8. The molecular formula is C21H28N2O4. The van der Waals surface area contributed by atoms with Gasteiger partial charge < -0.3 is 19.4 Å². The highest BCUT2D eigenvalue weighted by Crippen LogP contribution is 2.32. The lowest BCUT2D eigenvalue weighted by molar-refractivity contribution is -0.139. The molecule has 1 aliphatic heterocycles. The molecule has 146 valence electrons. The zero-order valence-corrected chi connectivity index (χ0v) is 16.7. The number of hydrogen-bond acceptors (Lipinski definition) is 4. The highest BCUT2D eigenvalue weighted by molar-refractivity contribution is 5.89. The van der Waals surface area contributed by atoms with Gasteiger partial charge in [0.15, 0.2) is 0 Å². The number of rotatable bonds is 6. The van der Waals surface area contributed by atoms with Crippen LogP contribution in [0.25, 0.3) is 11.0 Å². The third-order valence-corrected chi connectivity index (χ3v) is 5.28. The maximum atomic E-state index is 13.0. The van der Waals surface area contributed by atoms with Gasteiger partial charge in [-0.2, -0.15) is 0 Å². The average molecular weight is 372 g/mol. The molecule has 1 aliphatic rings. The molecule has 3 rings (SSSR count). The van der Waals surface area contributed by atoms with Crippen molar-refractivity contribution < 1.29 is 18.7 Å². The van der Waals surface area contributed by atoms with Crippen LogP contribution in [-0.2, 0) is 9.59 Å². The number of aryl methyl sites for hydroxylation is 1. The van der Waals surface area contributed by atoms with Crippen LogP contribution in [0.2, 0.25) is 0 Å². The number of methoxy groups -OCH3 is 1. The molecule has 2 amide bonds. The Balaban J connectivity index is 1.82. The van der Waals surface area contributed by atoms with E-state index in [1.54, 1.807) is 12.0 Å². The summed E-state index contributed by atoms with van der Waals surface area (Å²) in [6.07, 6.45) is 1.34. The summed E-state index contributed by atoms with van der Waals surface area (Å²) >= 11 is 0. The third-order valence-electron chi connectivity index (χ3n) is 5.28. The van der Waals surface area contributed by atoms with Gasteiger partial charge in [-0.1, -0.05) is 13.8 Å².